The molecule has 2 aromatic rings. The Hall–Kier alpha value is -1.80. The molecule has 88 valence electrons. The van der Waals surface area contributed by atoms with E-state index >= 15 is 0 Å². The summed E-state index contributed by atoms with van der Waals surface area (Å²) >= 11 is 0. The van der Waals surface area contributed by atoms with Crippen molar-refractivity contribution in [3.8, 4) is 0 Å². The van der Waals surface area contributed by atoms with Gasteiger partial charge in [-0.05, 0) is 29.7 Å². The lowest BCUT2D eigenvalue weighted by Crippen LogP contribution is -2.26. The predicted molar refractivity (Wildman–Crippen MR) is 70.6 cm³/mol. The summed E-state index contributed by atoms with van der Waals surface area (Å²) in [5.41, 5.74) is 7.22. The first-order valence-corrected chi connectivity index (χ1v) is 5.80. The van der Waals surface area contributed by atoms with Crippen LogP contribution in [0.2, 0.25) is 0 Å². The summed E-state index contributed by atoms with van der Waals surface area (Å²) in [6, 6.07) is 17.1. The Kier molecular flexibility index (Phi) is 3.16. The first kappa shape index (κ1) is 11.7. The standard InChI is InChI=1S/C15H17NO/c1-2-15(17,12-7-4-3-5-8-12)13-9-6-10-14(16)11-13/h3-11,17H,2,16H2,1H3. The summed E-state index contributed by atoms with van der Waals surface area (Å²) in [7, 11) is 0. The van der Waals surface area contributed by atoms with E-state index in [1.54, 1.807) is 0 Å². The average molecular weight is 227 g/mol. The highest BCUT2D eigenvalue weighted by molar-refractivity contribution is 5.46. The van der Waals surface area contributed by atoms with Gasteiger partial charge in [-0.1, -0.05) is 49.4 Å². The first-order valence-electron chi connectivity index (χ1n) is 5.80. The predicted octanol–water partition coefficient (Wildman–Crippen LogP) is 2.91. The molecule has 2 rings (SSSR count). The van der Waals surface area contributed by atoms with Crippen molar-refractivity contribution in [2.45, 2.75) is 18.9 Å². The molecule has 0 bridgehead atoms. The van der Waals surface area contributed by atoms with Gasteiger partial charge in [0.25, 0.3) is 0 Å². The van der Waals surface area contributed by atoms with Crippen LogP contribution in [0.4, 0.5) is 5.69 Å². The summed E-state index contributed by atoms with van der Waals surface area (Å²) in [6.07, 6.45) is 0.612. The third-order valence-corrected chi connectivity index (χ3v) is 3.13. The Morgan fingerprint density at radius 1 is 1.00 bits per heavy atom. The number of hydrogen-bond acceptors (Lipinski definition) is 2. The van der Waals surface area contributed by atoms with Crippen LogP contribution >= 0.6 is 0 Å². The van der Waals surface area contributed by atoms with Crippen LogP contribution in [0.5, 0.6) is 0 Å². The first-order chi connectivity index (χ1) is 8.16. The molecular weight excluding hydrogens is 210 g/mol. The lowest BCUT2D eigenvalue weighted by molar-refractivity contribution is 0.0766. The topological polar surface area (TPSA) is 46.2 Å². The van der Waals surface area contributed by atoms with Gasteiger partial charge in [-0.2, -0.15) is 0 Å². The molecule has 1 atom stereocenters. The number of benzene rings is 2. The molecule has 3 N–H and O–H groups in total. The lowest BCUT2D eigenvalue weighted by Gasteiger charge is -2.28. The highest BCUT2D eigenvalue weighted by atomic mass is 16.3. The minimum atomic E-state index is -0.962. The molecule has 2 heteroatoms. The highest BCUT2D eigenvalue weighted by Gasteiger charge is 2.29. The van der Waals surface area contributed by atoms with Crippen LogP contribution in [0, 0.1) is 0 Å². The second-order valence-corrected chi connectivity index (χ2v) is 4.21. The molecule has 17 heavy (non-hydrogen) atoms. The smallest absolute Gasteiger partial charge is 0.114 e. The number of nitrogen functional groups attached to an aromatic ring is 1. The third-order valence-electron chi connectivity index (χ3n) is 3.13. The fourth-order valence-electron chi connectivity index (χ4n) is 2.08. The molecule has 0 aliphatic carbocycles. The molecule has 0 heterocycles. The van der Waals surface area contributed by atoms with Crippen LogP contribution in [0.3, 0.4) is 0 Å². The minimum absolute atomic E-state index is 0.612. The van der Waals surface area contributed by atoms with Gasteiger partial charge < -0.3 is 10.8 Å². The van der Waals surface area contributed by atoms with Crippen molar-refractivity contribution in [1.29, 1.82) is 0 Å². The van der Waals surface area contributed by atoms with Gasteiger partial charge in [-0.3, -0.25) is 0 Å². The Labute approximate surface area is 102 Å². The summed E-state index contributed by atoms with van der Waals surface area (Å²) in [5, 5.41) is 10.8. The lowest BCUT2D eigenvalue weighted by atomic mass is 9.84. The summed E-state index contributed by atoms with van der Waals surface area (Å²) in [4.78, 5) is 0. The second-order valence-electron chi connectivity index (χ2n) is 4.21. The van der Waals surface area contributed by atoms with Crippen molar-refractivity contribution >= 4 is 5.69 Å². The molecule has 1 unspecified atom stereocenters. The number of nitrogens with two attached hydrogens (primary N) is 1. The Morgan fingerprint density at radius 3 is 2.24 bits per heavy atom. The zero-order valence-corrected chi connectivity index (χ0v) is 9.93. The highest BCUT2D eigenvalue weighted by Crippen LogP contribution is 2.33. The molecule has 0 radical (unpaired) electrons. The zero-order chi connectivity index (χ0) is 12.3. The van der Waals surface area contributed by atoms with Gasteiger partial charge in [0.05, 0.1) is 0 Å². The van der Waals surface area contributed by atoms with Crippen LogP contribution in [-0.2, 0) is 5.60 Å². The molecule has 0 aromatic heterocycles. The molecule has 0 aliphatic heterocycles. The van der Waals surface area contributed by atoms with Crippen LogP contribution in [0.15, 0.2) is 54.6 Å². The van der Waals surface area contributed by atoms with Crippen molar-refractivity contribution in [2.24, 2.45) is 0 Å². The number of aliphatic hydroxyl groups is 1. The van der Waals surface area contributed by atoms with Crippen molar-refractivity contribution < 1.29 is 5.11 Å². The van der Waals surface area contributed by atoms with E-state index in [2.05, 4.69) is 0 Å². The van der Waals surface area contributed by atoms with Crippen molar-refractivity contribution in [1.82, 2.24) is 0 Å². The Morgan fingerprint density at radius 2 is 1.65 bits per heavy atom. The quantitative estimate of drug-likeness (QED) is 0.792. The van der Waals surface area contributed by atoms with Gasteiger partial charge in [0.1, 0.15) is 5.60 Å². The van der Waals surface area contributed by atoms with Gasteiger partial charge in [0, 0.05) is 5.69 Å². The van der Waals surface area contributed by atoms with Crippen LogP contribution in [0.25, 0.3) is 0 Å². The molecule has 0 amide bonds. The normalized spacial score (nSPS) is 14.2. The van der Waals surface area contributed by atoms with Gasteiger partial charge in [-0.25, -0.2) is 0 Å². The molecule has 0 aliphatic rings. The number of rotatable bonds is 3. The largest absolute Gasteiger partial charge is 0.399 e. The molecule has 0 spiro atoms. The van der Waals surface area contributed by atoms with E-state index in [0.29, 0.717) is 12.1 Å². The van der Waals surface area contributed by atoms with Crippen molar-refractivity contribution in [3.05, 3.63) is 65.7 Å². The maximum absolute atomic E-state index is 10.8. The van der Waals surface area contributed by atoms with Crippen molar-refractivity contribution in [3.63, 3.8) is 0 Å². The number of hydrogen-bond donors (Lipinski definition) is 2. The molecule has 0 saturated heterocycles. The molecule has 2 aromatic carbocycles. The van der Waals surface area contributed by atoms with Crippen molar-refractivity contribution in [2.75, 3.05) is 5.73 Å². The maximum atomic E-state index is 10.8. The zero-order valence-electron chi connectivity index (χ0n) is 9.93. The Bertz CT molecular complexity index is 495. The van der Waals surface area contributed by atoms with E-state index < -0.39 is 5.60 Å². The van der Waals surface area contributed by atoms with E-state index in [1.165, 1.54) is 0 Å². The van der Waals surface area contributed by atoms with E-state index in [-0.39, 0.29) is 0 Å². The van der Waals surface area contributed by atoms with Crippen LogP contribution in [0.1, 0.15) is 24.5 Å². The second kappa shape index (κ2) is 4.60. The SMILES string of the molecule is CCC(O)(c1ccccc1)c1cccc(N)c1. The summed E-state index contributed by atoms with van der Waals surface area (Å²) in [5.74, 6) is 0. The van der Waals surface area contributed by atoms with E-state index in [1.807, 2.05) is 61.5 Å². The molecule has 0 saturated carbocycles. The molecular formula is C15H17NO. The minimum Gasteiger partial charge on any atom is -0.399 e. The van der Waals surface area contributed by atoms with Gasteiger partial charge in [-0.15, -0.1) is 0 Å². The fourth-order valence-corrected chi connectivity index (χ4v) is 2.08. The number of anilines is 1. The van der Waals surface area contributed by atoms with Gasteiger partial charge in [0.15, 0.2) is 0 Å². The third kappa shape index (κ3) is 2.17. The van der Waals surface area contributed by atoms with E-state index in [9.17, 15) is 5.11 Å². The summed E-state index contributed by atoms with van der Waals surface area (Å²) < 4.78 is 0. The van der Waals surface area contributed by atoms with E-state index in [4.69, 9.17) is 5.73 Å². The van der Waals surface area contributed by atoms with Crippen LogP contribution in [-0.4, -0.2) is 5.11 Å². The molecule has 2 nitrogen and oxygen atoms in total. The fraction of sp³-hybridized carbons (Fsp3) is 0.200. The molecule has 0 fully saturated rings. The van der Waals surface area contributed by atoms with Crippen LogP contribution < -0.4 is 5.73 Å². The van der Waals surface area contributed by atoms with Gasteiger partial charge >= 0.3 is 0 Å². The Balaban J connectivity index is 2.52. The monoisotopic (exact) mass is 227 g/mol. The average Bonchev–Trinajstić information content (AvgIpc) is 2.39. The summed E-state index contributed by atoms with van der Waals surface area (Å²) in [6.45, 7) is 1.97. The van der Waals surface area contributed by atoms with E-state index in [0.717, 1.165) is 11.1 Å². The van der Waals surface area contributed by atoms with Gasteiger partial charge in [0.2, 0.25) is 0 Å². The maximum Gasteiger partial charge on any atom is 0.114 e.